The summed E-state index contributed by atoms with van der Waals surface area (Å²) in [4.78, 5) is 8.48. The number of nitrogens with one attached hydrogen (secondary N) is 1. The van der Waals surface area contributed by atoms with Crippen molar-refractivity contribution >= 4 is 0 Å². The van der Waals surface area contributed by atoms with Crippen LogP contribution in [0.5, 0.6) is 0 Å². The minimum Gasteiger partial charge on any atom is -0.271 e. The molecule has 1 rings (SSSR count). The topological polar surface area (TPSA) is 63.8 Å². The second-order valence-electron chi connectivity index (χ2n) is 4.17. The molecule has 1 aromatic rings. The number of aryl methyl sites for hydroxylation is 1. The van der Waals surface area contributed by atoms with Crippen LogP contribution in [0.2, 0.25) is 0 Å². The summed E-state index contributed by atoms with van der Waals surface area (Å²) in [5, 5.41) is 0. The molecular weight excluding hydrogens is 212 g/mol. The van der Waals surface area contributed by atoms with Gasteiger partial charge in [-0.05, 0) is 32.3 Å². The van der Waals surface area contributed by atoms with Crippen molar-refractivity contribution in [3.63, 3.8) is 0 Å². The molecule has 0 aliphatic heterocycles. The third-order valence-electron chi connectivity index (χ3n) is 2.76. The van der Waals surface area contributed by atoms with Crippen LogP contribution in [-0.2, 0) is 0 Å². The number of aromatic nitrogens is 2. The highest BCUT2D eigenvalue weighted by molar-refractivity contribution is 5.06. The first kappa shape index (κ1) is 13.8. The van der Waals surface area contributed by atoms with Crippen molar-refractivity contribution < 1.29 is 0 Å². The van der Waals surface area contributed by atoms with Crippen molar-refractivity contribution in [2.45, 2.75) is 45.1 Å². The van der Waals surface area contributed by atoms with Crippen molar-refractivity contribution in [1.82, 2.24) is 15.4 Å². The molecular formula is C13H22N4. The Hall–Kier alpha value is -1.26. The van der Waals surface area contributed by atoms with Crippen LogP contribution in [0.3, 0.4) is 0 Å². The van der Waals surface area contributed by atoms with Gasteiger partial charge in [0.2, 0.25) is 0 Å². The van der Waals surface area contributed by atoms with Crippen LogP contribution in [0, 0.1) is 6.92 Å². The van der Waals surface area contributed by atoms with Crippen LogP contribution in [0.15, 0.2) is 24.9 Å². The molecule has 1 heterocycles. The van der Waals surface area contributed by atoms with Crippen molar-refractivity contribution in [1.29, 1.82) is 0 Å². The molecule has 17 heavy (non-hydrogen) atoms. The zero-order chi connectivity index (χ0) is 12.5. The molecule has 4 nitrogen and oxygen atoms in total. The molecule has 0 amide bonds. The van der Waals surface area contributed by atoms with Gasteiger partial charge in [-0.3, -0.25) is 11.3 Å². The minimum atomic E-state index is 0.125. The highest BCUT2D eigenvalue weighted by Gasteiger charge is 2.10. The molecule has 1 aromatic heterocycles. The number of hydrogen-bond acceptors (Lipinski definition) is 4. The molecule has 0 aliphatic rings. The van der Waals surface area contributed by atoms with E-state index in [2.05, 4.69) is 22.0 Å². The molecule has 94 valence electrons. The molecule has 0 fully saturated rings. The van der Waals surface area contributed by atoms with Gasteiger partial charge in [0, 0.05) is 6.20 Å². The molecule has 0 saturated heterocycles. The van der Waals surface area contributed by atoms with Gasteiger partial charge in [-0.2, -0.15) is 0 Å². The highest BCUT2D eigenvalue weighted by Crippen LogP contribution is 2.17. The van der Waals surface area contributed by atoms with E-state index in [1.807, 2.05) is 19.1 Å². The van der Waals surface area contributed by atoms with Crippen LogP contribution >= 0.6 is 0 Å². The Kier molecular flexibility index (Phi) is 6.43. The minimum absolute atomic E-state index is 0.125. The second-order valence-corrected chi connectivity index (χ2v) is 4.17. The van der Waals surface area contributed by atoms with Crippen LogP contribution in [0.4, 0.5) is 0 Å². The number of nitrogens with two attached hydrogens (primary N) is 1. The molecule has 0 aromatic carbocycles. The first-order chi connectivity index (χ1) is 8.27. The van der Waals surface area contributed by atoms with E-state index in [0.29, 0.717) is 0 Å². The van der Waals surface area contributed by atoms with E-state index in [9.17, 15) is 0 Å². The fourth-order valence-electron chi connectivity index (χ4n) is 1.80. The van der Waals surface area contributed by atoms with E-state index in [4.69, 9.17) is 5.84 Å². The Morgan fingerprint density at radius 3 is 2.94 bits per heavy atom. The molecule has 0 spiro atoms. The average Bonchev–Trinajstić information content (AvgIpc) is 2.34. The first-order valence-corrected chi connectivity index (χ1v) is 6.14. The Morgan fingerprint density at radius 1 is 1.47 bits per heavy atom. The lowest BCUT2D eigenvalue weighted by molar-refractivity contribution is 0.473. The van der Waals surface area contributed by atoms with E-state index < -0.39 is 0 Å². The molecule has 0 saturated carbocycles. The van der Waals surface area contributed by atoms with E-state index in [-0.39, 0.29) is 6.04 Å². The van der Waals surface area contributed by atoms with Crippen molar-refractivity contribution in [3.8, 4) is 0 Å². The van der Waals surface area contributed by atoms with Gasteiger partial charge in [-0.1, -0.05) is 18.9 Å². The van der Waals surface area contributed by atoms with Gasteiger partial charge in [0.25, 0.3) is 0 Å². The quantitative estimate of drug-likeness (QED) is 0.314. The number of allylic oxidation sites excluding steroid dienone is 1. The largest absolute Gasteiger partial charge is 0.271 e. The summed E-state index contributed by atoms with van der Waals surface area (Å²) < 4.78 is 0. The van der Waals surface area contributed by atoms with Crippen molar-refractivity contribution in [2.24, 2.45) is 5.84 Å². The van der Waals surface area contributed by atoms with Crippen LogP contribution < -0.4 is 11.3 Å². The van der Waals surface area contributed by atoms with Crippen LogP contribution in [0.25, 0.3) is 0 Å². The lowest BCUT2D eigenvalue weighted by atomic mass is 10.0. The van der Waals surface area contributed by atoms with E-state index >= 15 is 0 Å². The summed E-state index contributed by atoms with van der Waals surface area (Å²) in [6.07, 6.45) is 9.38. The normalized spacial score (nSPS) is 12.4. The molecule has 3 N–H and O–H groups in total. The van der Waals surface area contributed by atoms with Crippen molar-refractivity contribution in [2.75, 3.05) is 0 Å². The van der Waals surface area contributed by atoms with Gasteiger partial charge in [0.05, 0.1) is 11.7 Å². The number of rotatable bonds is 8. The molecule has 0 aliphatic carbocycles. The number of hydrogen-bond donors (Lipinski definition) is 2. The van der Waals surface area contributed by atoms with E-state index in [1.54, 1.807) is 6.20 Å². The van der Waals surface area contributed by atoms with Gasteiger partial charge >= 0.3 is 0 Å². The summed E-state index contributed by atoms with van der Waals surface area (Å²) in [7, 11) is 0. The van der Waals surface area contributed by atoms with E-state index in [1.165, 1.54) is 12.8 Å². The summed E-state index contributed by atoms with van der Waals surface area (Å²) >= 11 is 0. The Labute approximate surface area is 103 Å². The monoisotopic (exact) mass is 234 g/mol. The van der Waals surface area contributed by atoms with Crippen molar-refractivity contribution in [3.05, 3.63) is 36.4 Å². The Morgan fingerprint density at radius 2 is 2.29 bits per heavy atom. The maximum atomic E-state index is 5.57. The smallest absolute Gasteiger partial charge is 0.125 e. The maximum Gasteiger partial charge on any atom is 0.125 e. The van der Waals surface area contributed by atoms with E-state index in [0.717, 1.165) is 30.8 Å². The van der Waals surface area contributed by atoms with Gasteiger partial charge in [-0.15, -0.1) is 6.58 Å². The summed E-state index contributed by atoms with van der Waals surface area (Å²) in [5.41, 5.74) is 3.80. The SMILES string of the molecule is C=CCCCCCC(NN)c1ccnc(C)n1. The molecule has 0 bridgehead atoms. The Balaban J connectivity index is 2.40. The standard InChI is InChI=1S/C13H22N4/c1-3-4-5-6-7-8-13(17-14)12-9-10-15-11(2)16-12/h3,9-10,13,17H,1,4-8,14H2,2H3. The lowest BCUT2D eigenvalue weighted by Crippen LogP contribution is -2.28. The fourth-order valence-corrected chi connectivity index (χ4v) is 1.80. The second kappa shape index (κ2) is 7.92. The molecule has 1 unspecified atom stereocenters. The summed E-state index contributed by atoms with van der Waals surface area (Å²) in [6, 6.07) is 2.04. The third-order valence-corrected chi connectivity index (χ3v) is 2.76. The Bertz CT molecular complexity index is 338. The number of unbranched alkanes of at least 4 members (excludes halogenated alkanes) is 3. The summed E-state index contributed by atoms with van der Waals surface area (Å²) in [5.74, 6) is 6.36. The van der Waals surface area contributed by atoms with Gasteiger partial charge in [-0.25, -0.2) is 9.97 Å². The van der Waals surface area contributed by atoms with Gasteiger partial charge in [0.1, 0.15) is 5.82 Å². The fraction of sp³-hybridized carbons (Fsp3) is 0.538. The summed E-state index contributed by atoms with van der Waals surface area (Å²) in [6.45, 7) is 5.61. The predicted molar refractivity (Wildman–Crippen MR) is 70.1 cm³/mol. The zero-order valence-corrected chi connectivity index (χ0v) is 10.5. The third kappa shape index (κ3) is 5.06. The van der Waals surface area contributed by atoms with Crippen LogP contribution in [0.1, 0.15) is 49.7 Å². The maximum absolute atomic E-state index is 5.57. The lowest BCUT2D eigenvalue weighted by Gasteiger charge is -2.15. The number of hydrazine groups is 1. The zero-order valence-electron chi connectivity index (χ0n) is 10.5. The highest BCUT2D eigenvalue weighted by atomic mass is 15.2. The first-order valence-electron chi connectivity index (χ1n) is 6.14. The molecule has 1 atom stereocenters. The van der Waals surface area contributed by atoms with Crippen LogP contribution in [-0.4, -0.2) is 9.97 Å². The molecule has 0 radical (unpaired) electrons. The number of nitrogens with zero attached hydrogens (tertiary/aromatic N) is 2. The molecule has 4 heteroatoms. The average molecular weight is 234 g/mol. The van der Waals surface area contributed by atoms with Gasteiger partial charge in [0.15, 0.2) is 0 Å². The van der Waals surface area contributed by atoms with Gasteiger partial charge < -0.3 is 0 Å². The predicted octanol–water partition coefficient (Wildman–Crippen LogP) is 2.43.